The maximum atomic E-state index is 13.9. The first-order chi connectivity index (χ1) is 9.73. The molecule has 1 amide bonds. The van der Waals surface area contributed by atoms with Crippen molar-refractivity contribution in [3.8, 4) is 0 Å². The van der Waals surface area contributed by atoms with E-state index < -0.39 is 32.6 Å². The van der Waals surface area contributed by atoms with E-state index >= 15 is 0 Å². The van der Waals surface area contributed by atoms with Gasteiger partial charge < -0.3 is 11.5 Å². The van der Waals surface area contributed by atoms with Gasteiger partial charge in [0.2, 0.25) is 15.9 Å². The van der Waals surface area contributed by atoms with E-state index in [1.54, 1.807) is 6.92 Å². The number of halogens is 1. The number of sulfonamides is 1. The van der Waals surface area contributed by atoms with Crippen LogP contribution >= 0.6 is 0 Å². The molecule has 2 unspecified atom stereocenters. The molecule has 2 rings (SSSR count). The molecule has 8 heteroatoms. The van der Waals surface area contributed by atoms with Crippen molar-refractivity contribution in [3.05, 3.63) is 24.0 Å². The number of nitrogen functional groups attached to an aromatic ring is 1. The molecule has 116 valence electrons. The van der Waals surface area contributed by atoms with E-state index in [0.717, 1.165) is 16.4 Å². The molecule has 0 aliphatic carbocycles. The number of nitrogens with zero attached hydrogens (tertiary/aromatic N) is 1. The maximum Gasteiger partial charge on any atom is 0.246 e. The summed E-state index contributed by atoms with van der Waals surface area (Å²) >= 11 is 0. The highest BCUT2D eigenvalue weighted by Crippen LogP contribution is 2.29. The number of piperidine rings is 1. The number of nitrogens with two attached hydrogens (primary N) is 2. The monoisotopic (exact) mass is 315 g/mol. The summed E-state index contributed by atoms with van der Waals surface area (Å²) in [4.78, 5) is 10.9. The predicted octanol–water partition coefficient (Wildman–Crippen LogP) is 0.682. The first-order valence-electron chi connectivity index (χ1n) is 6.59. The average molecular weight is 315 g/mol. The van der Waals surface area contributed by atoms with Gasteiger partial charge in [0, 0.05) is 18.3 Å². The second-order valence-electron chi connectivity index (χ2n) is 5.29. The first-order valence-corrected chi connectivity index (χ1v) is 8.03. The van der Waals surface area contributed by atoms with Gasteiger partial charge in [0.25, 0.3) is 0 Å². The van der Waals surface area contributed by atoms with Gasteiger partial charge in [-0.3, -0.25) is 4.79 Å². The number of carbonyl (C=O) groups excluding carboxylic acids is 1. The summed E-state index contributed by atoms with van der Waals surface area (Å²) in [5, 5.41) is 0. The Hall–Kier alpha value is -1.67. The van der Waals surface area contributed by atoms with Crippen LogP contribution in [0, 0.1) is 11.7 Å². The zero-order chi connectivity index (χ0) is 15.8. The molecule has 1 heterocycles. The summed E-state index contributed by atoms with van der Waals surface area (Å²) in [7, 11) is -4.03. The van der Waals surface area contributed by atoms with Crippen LogP contribution in [0.2, 0.25) is 0 Å². The average Bonchev–Trinajstić information content (AvgIpc) is 2.38. The van der Waals surface area contributed by atoms with E-state index in [0.29, 0.717) is 12.8 Å². The molecule has 4 N–H and O–H groups in total. The summed E-state index contributed by atoms with van der Waals surface area (Å²) in [6.45, 7) is 1.70. The van der Waals surface area contributed by atoms with E-state index in [-0.39, 0.29) is 18.3 Å². The quantitative estimate of drug-likeness (QED) is 0.800. The number of anilines is 1. The predicted molar refractivity (Wildman–Crippen MR) is 76.1 cm³/mol. The minimum Gasteiger partial charge on any atom is -0.399 e. The standard InChI is InChI=1S/C13H18FN3O3S/c1-8-2-3-9(13(16)18)7-17(8)21(19,20)12-5-4-10(15)6-11(12)14/h4-6,8-9H,2-3,7,15H2,1H3,(H2,16,18). The minimum atomic E-state index is -4.03. The molecule has 0 bridgehead atoms. The molecule has 6 nitrogen and oxygen atoms in total. The lowest BCUT2D eigenvalue weighted by molar-refractivity contribution is -0.123. The molecule has 1 aliphatic heterocycles. The first kappa shape index (κ1) is 15.7. The fraction of sp³-hybridized carbons (Fsp3) is 0.462. The Bertz CT molecular complexity index is 663. The van der Waals surface area contributed by atoms with Gasteiger partial charge in [0.15, 0.2) is 0 Å². The number of hydrogen-bond donors (Lipinski definition) is 2. The highest BCUT2D eigenvalue weighted by atomic mass is 32.2. The molecular formula is C13H18FN3O3S. The second kappa shape index (κ2) is 5.61. The van der Waals surface area contributed by atoms with Gasteiger partial charge in [-0.15, -0.1) is 0 Å². The van der Waals surface area contributed by atoms with Crippen LogP contribution in [0.15, 0.2) is 23.1 Å². The number of benzene rings is 1. The second-order valence-corrected chi connectivity index (χ2v) is 7.15. The third kappa shape index (κ3) is 3.01. The summed E-state index contributed by atoms with van der Waals surface area (Å²) < 4.78 is 40.2. The number of amides is 1. The Morgan fingerprint density at radius 2 is 2.05 bits per heavy atom. The Labute approximate surface area is 123 Å². The van der Waals surface area contributed by atoms with Crippen molar-refractivity contribution in [1.82, 2.24) is 4.31 Å². The van der Waals surface area contributed by atoms with Crippen LogP contribution in [0.4, 0.5) is 10.1 Å². The van der Waals surface area contributed by atoms with E-state index in [2.05, 4.69) is 0 Å². The largest absolute Gasteiger partial charge is 0.399 e. The van der Waals surface area contributed by atoms with Crippen molar-refractivity contribution >= 4 is 21.6 Å². The van der Waals surface area contributed by atoms with Gasteiger partial charge in [-0.2, -0.15) is 4.31 Å². The van der Waals surface area contributed by atoms with Gasteiger partial charge in [0.05, 0.1) is 5.92 Å². The molecule has 1 aromatic rings. The van der Waals surface area contributed by atoms with Crippen LogP contribution in [-0.2, 0) is 14.8 Å². The van der Waals surface area contributed by atoms with Crippen LogP contribution in [0.3, 0.4) is 0 Å². The molecule has 1 aromatic carbocycles. The van der Waals surface area contributed by atoms with Gasteiger partial charge in [-0.25, -0.2) is 12.8 Å². The van der Waals surface area contributed by atoms with Gasteiger partial charge in [-0.05, 0) is 38.0 Å². The highest BCUT2D eigenvalue weighted by molar-refractivity contribution is 7.89. The molecule has 0 saturated carbocycles. The summed E-state index contributed by atoms with van der Waals surface area (Å²) in [5.74, 6) is -1.99. The van der Waals surface area contributed by atoms with Crippen LogP contribution < -0.4 is 11.5 Å². The van der Waals surface area contributed by atoms with E-state index in [9.17, 15) is 17.6 Å². The van der Waals surface area contributed by atoms with Crippen molar-refractivity contribution in [3.63, 3.8) is 0 Å². The molecule has 1 fully saturated rings. The molecule has 1 aliphatic rings. The Morgan fingerprint density at radius 3 is 2.62 bits per heavy atom. The van der Waals surface area contributed by atoms with Gasteiger partial charge in [-0.1, -0.05) is 0 Å². The third-order valence-electron chi connectivity index (χ3n) is 3.77. The summed E-state index contributed by atoms with van der Waals surface area (Å²) in [5.41, 5.74) is 10.8. The topological polar surface area (TPSA) is 106 Å². The summed E-state index contributed by atoms with van der Waals surface area (Å²) in [6.07, 6.45) is 1.04. The van der Waals surface area contributed by atoms with Crippen molar-refractivity contribution in [2.75, 3.05) is 12.3 Å². The van der Waals surface area contributed by atoms with E-state index in [4.69, 9.17) is 11.5 Å². The number of hydrogen-bond acceptors (Lipinski definition) is 4. The van der Waals surface area contributed by atoms with Crippen LogP contribution in [0.25, 0.3) is 0 Å². The molecule has 21 heavy (non-hydrogen) atoms. The fourth-order valence-corrected chi connectivity index (χ4v) is 4.25. The molecule has 1 saturated heterocycles. The maximum absolute atomic E-state index is 13.9. The normalized spacial score (nSPS) is 23.9. The molecule has 2 atom stereocenters. The fourth-order valence-electron chi connectivity index (χ4n) is 2.49. The molecule has 0 aromatic heterocycles. The molecule has 0 spiro atoms. The number of primary amides is 1. The van der Waals surface area contributed by atoms with Crippen molar-refractivity contribution < 1.29 is 17.6 Å². The van der Waals surface area contributed by atoms with Crippen molar-refractivity contribution in [2.24, 2.45) is 11.7 Å². The smallest absolute Gasteiger partial charge is 0.246 e. The van der Waals surface area contributed by atoms with Gasteiger partial charge in [0.1, 0.15) is 10.7 Å². The molecule has 0 radical (unpaired) electrons. The SMILES string of the molecule is CC1CCC(C(N)=O)CN1S(=O)(=O)c1ccc(N)cc1F. The lowest BCUT2D eigenvalue weighted by Crippen LogP contribution is -2.48. The van der Waals surface area contributed by atoms with Gasteiger partial charge >= 0.3 is 0 Å². The zero-order valence-electron chi connectivity index (χ0n) is 11.6. The Balaban J connectivity index is 2.39. The number of carbonyl (C=O) groups is 1. The van der Waals surface area contributed by atoms with Crippen molar-refractivity contribution in [2.45, 2.75) is 30.7 Å². The molecular weight excluding hydrogens is 297 g/mol. The summed E-state index contributed by atoms with van der Waals surface area (Å²) in [6, 6.07) is 3.12. The zero-order valence-corrected chi connectivity index (χ0v) is 12.4. The van der Waals surface area contributed by atoms with Crippen LogP contribution in [0.1, 0.15) is 19.8 Å². The minimum absolute atomic E-state index is 0.0251. The highest BCUT2D eigenvalue weighted by Gasteiger charge is 2.37. The third-order valence-corrected chi connectivity index (χ3v) is 5.78. The Kier molecular flexibility index (Phi) is 4.20. The Morgan fingerprint density at radius 1 is 1.38 bits per heavy atom. The van der Waals surface area contributed by atoms with Crippen molar-refractivity contribution in [1.29, 1.82) is 0 Å². The lowest BCUT2D eigenvalue weighted by atomic mass is 9.95. The van der Waals surface area contributed by atoms with E-state index in [1.165, 1.54) is 6.07 Å². The number of rotatable bonds is 3. The van der Waals surface area contributed by atoms with E-state index in [1.807, 2.05) is 0 Å². The van der Waals surface area contributed by atoms with Crippen LogP contribution in [-0.4, -0.2) is 31.2 Å². The lowest BCUT2D eigenvalue weighted by Gasteiger charge is -2.35. The van der Waals surface area contributed by atoms with Crippen LogP contribution in [0.5, 0.6) is 0 Å².